The lowest BCUT2D eigenvalue weighted by atomic mass is 10.2. The zero-order valence-electron chi connectivity index (χ0n) is 11.0. The third-order valence-electron chi connectivity index (χ3n) is 3.96. The highest BCUT2D eigenvalue weighted by atomic mass is 35.5. The highest BCUT2D eigenvalue weighted by Crippen LogP contribution is 2.42. The molecule has 2 aliphatic carbocycles. The van der Waals surface area contributed by atoms with Crippen molar-refractivity contribution in [2.75, 3.05) is 0 Å². The van der Waals surface area contributed by atoms with Crippen LogP contribution in [0.1, 0.15) is 24.8 Å². The Balaban J connectivity index is 1.68. The summed E-state index contributed by atoms with van der Waals surface area (Å²) in [6.07, 6.45) is 2.52. The molecule has 2 fully saturated rings. The van der Waals surface area contributed by atoms with Crippen molar-refractivity contribution >= 4 is 23.5 Å². The van der Waals surface area contributed by atoms with Gasteiger partial charge in [-0.2, -0.15) is 0 Å². The van der Waals surface area contributed by atoms with Gasteiger partial charge in [0, 0.05) is 17.6 Å². The number of amides is 1. The van der Waals surface area contributed by atoms with Crippen molar-refractivity contribution in [1.82, 2.24) is 4.90 Å². The van der Waals surface area contributed by atoms with Crippen LogP contribution in [0.2, 0.25) is 5.02 Å². The average molecular weight is 294 g/mol. The van der Waals surface area contributed by atoms with Gasteiger partial charge in [-0.05, 0) is 37.0 Å². The molecule has 4 nitrogen and oxygen atoms in total. The Morgan fingerprint density at radius 3 is 2.35 bits per heavy atom. The van der Waals surface area contributed by atoms with Gasteiger partial charge in [0.05, 0.1) is 11.8 Å². The van der Waals surface area contributed by atoms with Gasteiger partial charge < -0.3 is 10.0 Å². The van der Waals surface area contributed by atoms with E-state index in [1.54, 1.807) is 0 Å². The SMILES string of the molecule is O=C(O)C1CC1C(=O)N(Cc1ccc(Cl)cc1)C1CC1. The van der Waals surface area contributed by atoms with Gasteiger partial charge in [-0.15, -0.1) is 0 Å². The number of benzene rings is 1. The molecule has 1 aromatic carbocycles. The van der Waals surface area contributed by atoms with Gasteiger partial charge in [0.25, 0.3) is 0 Å². The van der Waals surface area contributed by atoms with Crippen LogP contribution in [0.5, 0.6) is 0 Å². The number of hydrogen-bond donors (Lipinski definition) is 1. The standard InChI is InChI=1S/C15H16ClNO3/c16-10-3-1-9(2-4-10)8-17(11-5-6-11)14(18)12-7-13(12)15(19)20/h1-4,11-13H,5-8H2,(H,19,20). The normalized spacial score (nSPS) is 24.2. The molecule has 0 aliphatic heterocycles. The number of halogens is 1. The topological polar surface area (TPSA) is 57.6 Å². The molecular weight excluding hydrogens is 278 g/mol. The summed E-state index contributed by atoms with van der Waals surface area (Å²) in [6.45, 7) is 0.545. The second-order valence-corrected chi connectivity index (χ2v) is 6.05. The number of rotatable bonds is 5. The quantitative estimate of drug-likeness (QED) is 0.907. The maximum Gasteiger partial charge on any atom is 0.307 e. The molecule has 20 heavy (non-hydrogen) atoms. The first kappa shape index (κ1) is 13.4. The summed E-state index contributed by atoms with van der Waals surface area (Å²) in [5, 5.41) is 9.62. The van der Waals surface area contributed by atoms with Crippen molar-refractivity contribution in [2.45, 2.75) is 31.8 Å². The minimum atomic E-state index is -0.856. The van der Waals surface area contributed by atoms with E-state index in [2.05, 4.69) is 0 Å². The van der Waals surface area contributed by atoms with Crippen molar-refractivity contribution in [3.63, 3.8) is 0 Å². The molecule has 1 N–H and O–H groups in total. The monoisotopic (exact) mass is 293 g/mol. The summed E-state index contributed by atoms with van der Waals surface area (Å²) < 4.78 is 0. The van der Waals surface area contributed by atoms with Gasteiger partial charge in [0.2, 0.25) is 5.91 Å². The van der Waals surface area contributed by atoms with E-state index < -0.39 is 11.9 Å². The summed E-state index contributed by atoms with van der Waals surface area (Å²) in [6, 6.07) is 7.72. The Morgan fingerprint density at radius 1 is 1.20 bits per heavy atom. The first-order chi connectivity index (χ1) is 9.56. The smallest absolute Gasteiger partial charge is 0.307 e. The predicted octanol–water partition coefficient (Wildman–Crippen LogP) is 2.55. The number of aliphatic carboxylic acids is 1. The number of carboxylic acids is 1. The molecule has 0 saturated heterocycles. The van der Waals surface area contributed by atoms with E-state index in [1.807, 2.05) is 29.2 Å². The highest BCUT2D eigenvalue weighted by molar-refractivity contribution is 6.30. The van der Waals surface area contributed by atoms with Crippen LogP contribution >= 0.6 is 11.6 Å². The first-order valence-corrected chi connectivity index (χ1v) is 7.22. The summed E-state index contributed by atoms with van der Waals surface area (Å²) >= 11 is 5.85. The van der Waals surface area contributed by atoms with E-state index >= 15 is 0 Å². The Morgan fingerprint density at radius 2 is 1.85 bits per heavy atom. The number of carbonyl (C=O) groups excluding carboxylic acids is 1. The van der Waals surface area contributed by atoms with Crippen LogP contribution in [0.3, 0.4) is 0 Å². The molecule has 0 aromatic heterocycles. The van der Waals surface area contributed by atoms with Gasteiger partial charge in [0.1, 0.15) is 0 Å². The second kappa shape index (κ2) is 5.09. The predicted molar refractivity (Wildman–Crippen MR) is 74.3 cm³/mol. The van der Waals surface area contributed by atoms with Crippen LogP contribution in [-0.4, -0.2) is 27.9 Å². The third-order valence-corrected chi connectivity index (χ3v) is 4.21. The molecule has 3 rings (SSSR count). The van der Waals surface area contributed by atoms with Crippen LogP contribution in [0, 0.1) is 11.8 Å². The van der Waals surface area contributed by atoms with E-state index in [4.69, 9.17) is 16.7 Å². The van der Waals surface area contributed by atoms with E-state index in [1.165, 1.54) is 0 Å². The largest absolute Gasteiger partial charge is 0.481 e. The molecule has 2 saturated carbocycles. The van der Waals surface area contributed by atoms with E-state index in [0.29, 0.717) is 18.0 Å². The summed E-state index contributed by atoms with van der Waals surface area (Å²) in [5.74, 6) is -1.66. The lowest BCUT2D eigenvalue weighted by molar-refractivity contribution is -0.142. The van der Waals surface area contributed by atoms with Gasteiger partial charge in [-0.25, -0.2) is 0 Å². The summed E-state index contributed by atoms with van der Waals surface area (Å²) in [5.41, 5.74) is 1.03. The first-order valence-electron chi connectivity index (χ1n) is 6.84. The fourth-order valence-corrected chi connectivity index (χ4v) is 2.64. The van der Waals surface area contributed by atoms with E-state index in [-0.39, 0.29) is 17.9 Å². The van der Waals surface area contributed by atoms with Crippen molar-refractivity contribution in [3.8, 4) is 0 Å². The van der Waals surface area contributed by atoms with Crippen LogP contribution in [0.4, 0.5) is 0 Å². The molecule has 2 atom stereocenters. The molecule has 1 aromatic rings. The zero-order chi connectivity index (χ0) is 14.3. The van der Waals surface area contributed by atoms with Gasteiger partial charge in [-0.3, -0.25) is 9.59 Å². The number of hydrogen-bond acceptors (Lipinski definition) is 2. The molecule has 0 heterocycles. The third kappa shape index (κ3) is 2.80. The van der Waals surface area contributed by atoms with Gasteiger partial charge >= 0.3 is 5.97 Å². The van der Waals surface area contributed by atoms with E-state index in [9.17, 15) is 9.59 Å². The van der Waals surface area contributed by atoms with Crippen LogP contribution in [0.25, 0.3) is 0 Å². The molecule has 5 heteroatoms. The Labute approximate surface area is 122 Å². The van der Waals surface area contributed by atoms with Crippen molar-refractivity contribution in [3.05, 3.63) is 34.9 Å². The molecule has 0 bridgehead atoms. The molecule has 0 spiro atoms. The molecule has 1 amide bonds. The second-order valence-electron chi connectivity index (χ2n) is 5.61. The highest BCUT2D eigenvalue weighted by Gasteiger charge is 2.51. The van der Waals surface area contributed by atoms with Crippen molar-refractivity contribution < 1.29 is 14.7 Å². The maximum absolute atomic E-state index is 12.4. The minimum absolute atomic E-state index is 0.00477. The lowest BCUT2D eigenvalue weighted by Gasteiger charge is -2.22. The number of carbonyl (C=O) groups is 2. The van der Waals surface area contributed by atoms with Crippen LogP contribution in [-0.2, 0) is 16.1 Å². The fraction of sp³-hybridized carbons (Fsp3) is 0.467. The molecule has 2 unspecified atom stereocenters. The Hall–Kier alpha value is -1.55. The molecular formula is C15H16ClNO3. The lowest BCUT2D eigenvalue weighted by Crippen LogP contribution is -2.34. The average Bonchev–Trinajstić information content (AvgIpc) is 3.28. The fourth-order valence-electron chi connectivity index (χ4n) is 2.51. The Bertz CT molecular complexity index is 539. The van der Waals surface area contributed by atoms with Crippen molar-refractivity contribution in [2.24, 2.45) is 11.8 Å². The van der Waals surface area contributed by atoms with Crippen LogP contribution < -0.4 is 0 Å². The minimum Gasteiger partial charge on any atom is -0.481 e. The van der Waals surface area contributed by atoms with Gasteiger partial charge in [-0.1, -0.05) is 23.7 Å². The van der Waals surface area contributed by atoms with Crippen molar-refractivity contribution in [1.29, 1.82) is 0 Å². The van der Waals surface area contributed by atoms with Crippen LogP contribution in [0.15, 0.2) is 24.3 Å². The van der Waals surface area contributed by atoms with E-state index in [0.717, 1.165) is 18.4 Å². The summed E-state index contributed by atoms with van der Waals surface area (Å²) in [4.78, 5) is 25.1. The molecule has 106 valence electrons. The summed E-state index contributed by atoms with van der Waals surface area (Å²) in [7, 11) is 0. The maximum atomic E-state index is 12.4. The van der Waals surface area contributed by atoms with Gasteiger partial charge in [0.15, 0.2) is 0 Å². The number of nitrogens with zero attached hydrogens (tertiary/aromatic N) is 1. The zero-order valence-corrected chi connectivity index (χ0v) is 11.7. The molecule has 2 aliphatic rings. The molecule has 0 radical (unpaired) electrons. The number of carboxylic acid groups (broad SMARTS) is 1. The Kier molecular flexibility index (Phi) is 3.42.